The number of nitrogens with one attached hydrogen (secondary N) is 1. The van der Waals surface area contributed by atoms with Crippen molar-refractivity contribution in [2.75, 3.05) is 39.2 Å². The van der Waals surface area contributed by atoms with E-state index in [2.05, 4.69) is 31.5 Å². The number of quaternary nitrogens is 1. The lowest BCUT2D eigenvalue weighted by atomic mass is 10.0. The number of halogens is 2. The summed E-state index contributed by atoms with van der Waals surface area (Å²) in [5.74, 6) is 0.581. The first-order chi connectivity index (χ1) is 14.4. The van der Waals surface area contributed by atoms with Gasteiger partial charge < -0.3 is 43.3 Å². The third-order valence-corrected chi connectivity index (χ3v) is 6.19. The average Bonchev–Trinajstić information content (AvgIpc) is 2.75. The zero-order valence-corrected chi connectivity index (χ0v) is 20.8. The Morgan fingerprint density at radius 2 is 1.84 bits per heavy atom. The molecule has 5 nitrogen and oxygen atoms in total. The predicted molar refractivity (Wildman–Crippen MR) is 120 cm³/mol. The van der Waals surface area contributed by atoms with Crippen LogP contribution in [-0.4, -0.2) is 50.3 Å². The van der Waals surface area contributed by atoms with E-state index in [4.69, 9.17) is 21.1 Å². The molecule has 1 N–H and O–H groups in total. The van der Waals surface area contributed by atoms with Gasteiger partial charge in [-0.05, 0) is 36.4 Å². The first-order valence-electron chi connectivity index (χ1n) is 10.3. The number of rotatable bonds is 5. The van der Waals surface area contributed by atoms with Crippen LogP contribution in [0.4, 0.5) is 5.69 Å². The molecule has 4 rings (SSSR count). The Kier molecular flexibility index (Phi) is 8.02. The van der Waals surface area contributed by atoms with Gasteiger partial charge in [-0.3, -0.25) is 4.79 Å². The van der Waals surface area contributed by atoms with Gasteiger partial charge in [0.1, 0.15) is 18.9 Å². The lowest BCUT2D eigenvalue weighted by Gasteiger charge is -2.40. The van der Waals surface area contributed by atoms with Gasteiger partial charge in [-0.15, -0.1) is 0 Å². The van der Waals surface area contributed by atoms with Crippen molar-refractivity contribution in [3.63, 3.8) is 0 Å². The number of amides is 1. The number of benzene rings is 2. The van der Waals surface area contributed by atoms with Crippen LogP contribution < -0.4 is 34.0 Å². The summed E-state index contributed by atoms with van der Waals surface area (Å²) in [5.41, 5.74) is 3.43. The molecule has 0 atom stereocenters. The highest BCUT2D eigenvalue weighted by atomic mass is 127. The van der Waals surface area contributed by atoms with Crippen LogP contribution in [0.15, 0.2) is 48.0 Å². The van der Waals surface area contributed by atoms with Crippen LogP contribution >= 0.6 is 11.6 Å². The summed E-state index contributed by atoms with van der Waals surface area (Å²) in [5, 5.41) is 3.59. The summed E-state index contributed by atoms with van der Waals surface area (Å²) < 4.78 is 12.1. The summed E-state index contributed by atoms with van der Waals surface area (Å²) in [7, 11) is 4.57. The number of hydrogen-bond donors (Lipinski definition) is 1. The number of carbonyl (C=O) groups is 1. The Labute approximate surface area is 206 Å². The van der Waals surface area contributed by atoms with E-state index >= 15 is 0 Å². The molecular weight excluding hydrogens is 527 g/mol. The smallest absolute Gasteiger partial charge is 0.255 e. The van der Waals surface area contributed by atoms with Crippen LogP contribution in [0, 0.1) is 0 Å². The van der Waals surface area contributed by atoms with Gasteiger partial charge in [-0.25, -0.2) is 0 Å². The Morgan fingerprint density at radius 1 is 1.13 bits per heavy atom. The molecule has 7 heteroatoms. The van der Waals surface area contributed by atoms with Gasteiger partial charge in [0.2, 0.25) is 0 Å². The molecular formula is C24H28ClIN2O3. The van der Waals surface area contributed by atoms with E-state index in [9.17, 15) is 4.79 Å². The molecule has 2 aromatic carbocycles. The van der Waals surface area contributed by atoms with Crippen molar-refractivity contribution in [2.24, 2.45) is 0 Å². The second-order valence-corrected chi connectivity index (χ2v) is 9.01. The fraction of sp³-hybridized carbons (Fsp3) is 0.375. The number of carbonyl (C=O) groups excluding carboxylic acids is 1. The minimum atomic E-state index is -0.160. The summed E-state index contributed by atoms with van der Waals surface area (Å²) in [6.45, 7) is 2.91. The molecule has 0 spiro atoms. The zero-order valence-electron chi connectivity index (χ0n) is 17.9. The maximum atomic E-state index is 12.7. The fourth-order valence-electron chi connectivity index (χ4n) is 4.17. The van der Waals surface area contributed by atoms with Crippen LogP contribution in [-0.2, 0) is 16.1 Å². The van der Waals surface area contributed by atoms with Gasteiger partial charge in [0.25, 0.3) is 5.91 Å². The third kappa shape index (κ3) is 6.00. The van der Waals surface area contributed by atoms with Crippen LogP contribution in [0.3, 0.4) is 0 Å². The van der Waals surface area contributed by atoms with E-state index in [1.807, 2.05) is 24.3 Å². The monoisotopic (exact) mass is 554 g/mol. The van der Waals surface area contributed by atoms with Gasteiger partial charge in [0, 0.05) is 34.7 Å². The summed E-state index contributed by atoms with van der Waals surface area (Å²) in [4.78, 5) is 12.7. The second-order valence-electron chi connectivity index (χ2n) is 8.57. The van der Waals surface area contributed by atoms with Crippen molar-refractivity contribution in [1.29, 1.82) is 0 Å². The molecule has 0 aliphatic carbocycles. The molecule has 0 aromatic heterocycles. The van der Waals surface area contributed by atoms with E-state index < -0.39 is 0 Å². The van der Waals surface area contributed by atoms with Crippen molar-refractivity contribution in [1.82, 2.24) is 0 Å². The first kappa shape index (κ1) is 24.0. The Balaban J connectivity index is 0.00000272. The Bertz CT molecular complexity index is 954. The van der Waals surface area contributed by atoms with Crippen molar-refractivity contribution in [2.45, 2.75) is 25.4 Å². The quantitative estimate of drug-likeness (QED) is 0.451. The van der Waals surface area contributed by atoms with Gasteiger partial charge in [0.05, 0.1) is 38.9 Å². The zero-order chi connectivity index (χ0) is 21.1. The van der Waals surface area contributed by atoms with Crippen LogP contribution in [0.2, 0.25) is 5.02 Å². The molecule has 2 aliphatic heterocycles. The van der Waals surface area contributed by atoms with Crippen molar-refractivity contribution in [3.8, 4) is 5.75 Å². The molecule has 1 fully saturated rings. The average molecular weight is 555 g/mol. The standard InChI is InChI=1S/C24H27ClN2O3.HI/c1-27(2,22-9-11-29-12-10-22)15-17-3-6-21(7-4-17)26-24(28)19-13-18-14-20(25)5-8-23(18)30-16-19;/h3-8,13-14,22H,9-12,15-16H2,1-2H3;1H. The molecule has 31 heavy (non-hydrogen) atoms. The first-order valence-corrected chi connectivity index (χ1v) is 10.7. The summed E-state index contributed by atoms with van der Waals surface area (Å²) >= 11 is 6.05. The largest absolute Gasteiger partial charge is 1.00 e. The van der Waals surface area contributed by atoms with Gasteiger partial charge in [-0.1, -0.05) is 23.7 Å². The topological polar surface area (TPSA) is 47.6 Å². The predicted octanol–water partition coefficient (Wildman–Crippen LogP) is 1.51. The number of ether oxygens (including phenoxy) is 2. The highest BCUT2D eigenvalue weighted by Crippen LogP contribution is 2.29. The van der Waals surface area contributed by atoms with Gasteiger partial charge in [-0.2, -0.15) is 0 Å². The molecule has 2 aromatic rings. The van der Waals surface area contributed by atoms with E-state index in [0.717, 1.165) is 54.1 Å². The van der Waals surface area contributed by atoms with Crippen LogP contribution in [0.1, 0.15) is 24.0 Å². The summed E-state index contributed by atoms with van der Waals surface area (Å²) in [6.07, 6.45) is 4.04. The van der Waals surface area contributed by atoms with Crippen molar-refractivity contribution in [3.05, 3.63) is 64.2 Å². The molecule has 2 heterocycles. The third-order valence-electron chi connectivity index (χ3n) is 5.96. The molecule has 1 amide bonds. The lowest BCUT2D eigenvalue weighted by Crippen LogP contribution is -3.00. The molecule has 0 bridgehead atoms. The van der Waals surface area contributed by atoms with Crippen LogP contribution in [0.5, 0.6) is 5.75 Å². The van der Waals surface area contributed by atoms with Crippen LogP contribution in [0.25, 0.3) is 6.08 Å². The molecule has 1 saturated heterocycles. The van der Waals surface area contributed by atoms with E-state index in [0.29, 0.717) is 16.6 Å². The lowest BCUT2D eigenvalue weighted by molar-refractivity contribution is -0.929. The maximum Gasteiger partial charge on any atom is 0.255 e. The molecule has 166 valence electrons. The highest BCUT2D eigenvalue weighted by Gasteiger charge is 2.30. The Hall–Kier alpha value is -1.61. The minimum absolute atomic E-state index is 0. The fourth-order valence-corrected chi connectivity index (χ4v) is 4.35. The van der Waals surface area contributed by atoms with Crippen molar-refractivity contribution < 1.29 is 42.7 Å². The normalized spacial score (nSPS) is 16.4. The maximum absolute atomic E-state index is 12.7. The number of fused-ring (bicyclic) bond motifs is 1. The highest BCUT2D eigenvalue weighted by molar-refractivity contribution is 6.30. The Morgan fingerprint density at radius 3 is 2.55 bits per heavy atom. The minimum Gasteiger partial charge on any atom is -1.00 e. The molecule has 0 radical (unpaired) electrons. The second kappa shape index (κ2) is 10.3. The van der Waals surface area contributed by atoms with E-state index in [-0.39, 0.29) is 36.5 Å². The van der Waals surface area contributed by atoms with Crippen molar-refractivity contribution >= 4 is 29.3 Å². The SMILES string of the molecule is C[N+](C)(Cc1ccc(NC(=O)C2=Cc3cc(Cl)ccc3OC2)cc1)C1CCOCC1.[I-]. The molecule has 2 aliphatic rings. The van der Waals surface area contributed by atoms with Gasteiger partial charge in [0.15, 0.2) is 0 Å². The molecule has 0 saturated carbocycles. The summed E-state index contributed by atoms with van der Waals surface area (Å²) in [6, 6.07) is 14.1. The number of nitrogens with zero attached hydrogens (tertiary/aromatic N) is 1. The number of hydrogen-bond acceptors (Lipinski definition) is 3. The van der Waals surface area contributed by atoms with E-state index in [1.54, 1.807) is 12.1 Å². The molecule has 0 unspecified atom stereocenters. The number of anilines is 1. The van der Waals surface area contributed by atoms with E-state index in [1.165, 1.54) is 5.56 Å². The van der Waals surface area contributed by atoms with Gasteiger partial charge >= 0.3 is 0 Å².